The van der Waals surface area contributed by atoms with Crippen LogP contribution in [0.2, 0.25) is 0 Å². The molecule has 16 heteroatoms. The molecule has 2 fully saturated rings. The topological polar surface area (TPSA) is 66.8 Å². The highest BCUT2D eigenvalue weighted by molar-refractivity contribution is 5.72. The molecule has 0 saturated heterocycles. The maximum absolute atomic E-state index is 13.6. The molecule has 34 heavy (non-hydrogen) atoms. The molecule has 200 valence electrons. The van der Waals surface area contributed by atoms with Gasteiger partial charge in [-0.3, -0.25) is 4.79 Å². The largest absolute Gasteiger partial charge is 0.462 e. The quantitative estimate of drug-likeness (QED) is 0.393. The van der Waals surface area contributed by atoms with E-state index in [0.29, 0.717) is 0 Å². The molecule has 0 spiro atoms. The molecular formula is C18H20F12O4. The molecule has 4 nitrogen and oxygen atoms in total. The number of halogens is 12. The second kappa shape index (κ2) is 8.30. The first kappa shape index (κ1) is 28.8. The standard InChI is InChI=1S/C18H20F12O4/c1-3-6(2)12(31)34-9-5-7-4-8(9)11(14(33,17(25,26)27)18(28,29)30)10(7)13(32,15(19,20)21)16(22,23)24/h6-11,32-33H,3-5H2,1-2H3. The van der Waals surface area contributed by atoms with E-state index in [4.69, 9.17) is 4.74 Å². The maximum atomic E-state index is 13.6. The third kappa shape index (κ3) is 4.11. The van der Waals surface area contributed by atoms with Crippen molar-refractivity contribution in [1.82, 2.24) is 0 Å². The number of hydrogen-bond donors (Lipinski definition) is 2. The second-order valence-electron chi connectivity index (χ2n) is 8.76. The van der Waals surface area contributed by atoms with Crippen LogP contribution in [0.1, 0.15) is 33.1 Å². The summed E-state index contributed by atoms with van der Waals surface area (Å²) in [6.45, 7) is 2.73. The highest BCUT2D eigenvalue weighted by Crippen LogP contribution is 2.68. The number of alkyl halides is 12. The van der Waals surface area contributed by atoms with E-state index in [9.17, 15) is 67.7 Å². The Labute approximate surface area is 184 Å². The molecule has 2 rings (SSSR count). The van der Waals surface area contributed by atoms with Crippen LogP contribution in [0.5, 0.6) is 0 Å². The zero-order chi connectivity index (χ0) is 26.9. The van der Waals surface area contributed by atoms with Crippen molar-refractivity contribution < 1.29 is 72.4 Å². The zero-order valence-electron chi connectivity index (χ0n) is 17.3. The van der Waals surface area contributed by atoms with Crippen LogP contribution < -0.4 is 0 Å². The first-order valence-electron chi connectivity index (χ1n) is 9.88. The summed E-state index contributed by atoms with van der Waals surface area (Å²) in [4.78, 5) is 12.0. The van der Waals surface area contributed by atoms with Gasteiger partial charge in [0.05, 0.1) is 5.92 Å². The van der Waals surface area contributed by atoms with Crippen LogP contribution in [0, 0.1) is 29.6 Å². The molecule has 0 radical (unpaired) electrons. The molecule has 0 heterocycles. The molecule has 6 unspecified atom stereocenters. The Morgan fingerprint density at radius 3 is 1.53 bits per heavy atom. The fourth-order valence-electron chi connectivity index (χ4n) is 5.12. The van der Waals surface area contributed by atoms with Gasteiger partial charge in [0.2, 0.25) is 0 Å². The van der Waals surface area contributed by atoms with E-state index in [2.05, 4.69) is 0 Å². The van der Waals surface area contributed by atoms with Gasteiger partial charge in [-0.2, -0.15) is 52.7 Å². The van der Waals surface area contributed by atoms with Gasteiger partial charge in [0.25, 0.3) is 11.2 Å². The Morgan fingerprint density at radius 1 is 0.794 bits per heavy atom. The molecule has 2 saturated carbocycles. The van der Waals surface area contributed by atoms with Gasteiger partial charge in [0.15, 0.2) is 0 Å². The lowest BCUT2D eigenvalue weighted by atomic mass is 9.62. The lowest BCUT2D eigenvalue weighted by Gasteiger charge is -2.50. The van der Waals surface area contributed by atoms with E-state index >= 15 is 0 Å². The third-order valence-electron chi connectivity index (χ3n) is 6.92. The van der Waals surface area contributed by atoms with Gasteiger partial charge < -0.3 is 14.9 Å². The third-order valence-corrected chi connectivity index (χ3v) is 6.92. The summed E-state index contributed by atoms with van der Waals surface area (Å²) in [7, 11) is 0. The van der Waals surface area contributed by atoms with E-state index < -0.39 is 90.4 Å². The highest BCUT2D eigenvalue weighted by atomic mass is 19.4. The lowest BCUT2D eigenvalue weighted by molar-refractivity contribution is -0.428. The van der Waals surface area contributed by atoms with Crippen molar-refractivity contribution >= 4 is 5.97 Å². The maximum Gasteiger partial charge on any atom is 0.426 e. The molecule has 6 atom stereocenters. The summed E-state index contributed by atoms with van der Waals surface area (Å²) < 4.78 is 167. The monoisotopic (exact) mass is 528 g/mol. The van der Waals surface area contributed by atoms with Crippen LogP contribution in [-0.2, 0) is 9.53 Å². The predicted octanol–water partition coefficient (Wildman–Crippen LogP) is 4.93. The summed E-state index contributed by atoms with van der Waals surface area (Å²) in [5.74, 6) is -14.4. The van der Waals surface area contributed by atoms with Crippen molar-refractivity contribution in [3.8, 4) is 0 Å². The molecule has 2 N–H and O–H groups in total. The highest BCUT2D eigenvalue weighted by Gasteiger charge is 2.86. The Kier molecular flexibility index (Phi) is 7.03. The number of esters is 1. The average molecular weight is 528 g/mol. The number of ether oxygens (including phenoxy) is 1. The Bertz CT molecular complexity index is 741. The Hall–Kier alpha value is -1.45. The zero-order valence-corrected chi connectivity index (χ0v) is 17.3. The number of aliphatic hydroxyl groups is 2. The van der Waals surface area contributed by atoms with Crippen LogP contribution >= 0.6 is 0 Å². The number of rotatable bonds is 5. The molecular weight excluding hydrogens is 508 g/mol. The fourth-order valence-corrected chi connectivity index (χ4v) is 5.12. The SMILES string of the molecule is CCC(C)C(=O)OC1CC2CC1C(C(O)(C(F)(F)F)C(F)(F)F)C2C(O)(C(F)(F)F)C(F)(F)F. The second-order valence-corrected chi connectivity index (χ2v) is 8.76. The summed E-state index contributed by atoms with van der Waals surface area (Å²) in [6.07, 6.45) is -31.0. The van der Waals surface area contributed by atoms with E-state index in [0.717, 1.165) is 0 Å². The summed E-state index contributed by atoms with van der Waals surface area (Å²) in [5.41, 5.74) is -12.1. The van der Waals surface area contributed by atoms with E-state index in [1.54, 1.807) is 0 Å². The van der Waals surface area contributed by atoms with Gasteiger partial charge in [-0.15, -0.1) is 0 Å². The molecule has 0 aromatic rings. The van der Waals surface area contributed by atoms with Gasteiger partial charge in [0.1, 0.15) is 6.10 Å². The van der Waals surface area contributed by atoms with Gasteiger partial charge >= 0.3 is 30.7 Å². The van der Waals surface area contributed by atoms with Crippen LogP contribution in [-0.4, -0.2) is 58.2 Å². The number of carbonyl (C=O) groups excluding carboxylic acids is 1. The first-order chi connectivity index (χ1) is 15.0. The van der Waals surface area contributed by atoms with Crippen molar-refractivity contribution in [2.24, 2.45) is 29.6 Å². The summed E-state index contributed by atoms with van der Waals surface area (Å²) in [6, 6.07) is 0. The minimum Gasteiger partial charge on any atom is -0.462 e. The minimum atomic E-state index is -6.79. The normalized spacial score (nSPS) is 29.9. The summed E-state index contributed by atoms with van der Waals surface area (Å²) >= 11 is 0. The van der Waals surface area contributed by atoms with E-state index in [1.165, 1.54) is 13.8 Å². The van der Waals surface area contributed by atoms with Gasteiger partial charge in [-0.25, -0.2) is 0 Å². The number of hydrogen-bond acceptors (Lipinski definition) is 4. The molecule has 2 aliphatic carbocycles. The van der Waals surface area contributed by atoms with Crippen molar-refractivity contribution in [2.45, 2.75) is 75.1 Å². The molecule has 0 aliphatic heterocycles. The molecule has 0 amide bonds. The number of fused-ring (bicyclic) bond motifs is 2. The molecule has 0 aromatic carbocycles. The predicted molar refractivity (Wildman–Crippen MR) is 86.6 cm³/mol. The average Bonchev–Trinajstić information content (AvgIpc) is 3.20. The molecule has 2 bridgehead atoms. The van der Waals surface area contributed by atoms with Crippen molar-refractivity contribution in [3.63, 3.8) is 0 Å². The first-order valence-corrected chi connectivity index (χ1v) is 9.88. The Morgan fingerprint density at radius 2 is 1.18 bits per heavy atom. The minimum absolute atomic E-state index is 0.0998. The van der Waals surface area contributed by atoms with Crippen LogP contribution in [0.25, 0.3) is 0 Å². The Balaban J connectivity index is 2.75. The van der Waals surface area contributed by atoms with Gasteiger partial charge in [0, 0.05) is 17.8 Å². The van der Waals surface area contributed by atoms with Crippen molar-refractivity contribution in [2.75, 3.05) is 0 Å². The fraction of sp³-hybridized carbons (Fsp3) is 0.944. The van der Waals surface area contributed by atoms with E-state index in [-0.39, 0.29) is 6.42 Å². The van der Waals surface area contributed by atoms with Crippen LogP contribution in [0.3, 0.4) is 0 Å². The van der Waals surface area contributed by atoms with Gasteiger partial charge in [-0.1, -0.05) is 13.8 Å². The van der Waals surface area contributed by atoms with Crippen LogP contribution in [0.4, 0.5) is 52.7 Å². The summed E-state index contributed by atoms with van der Waals surface area (Å²) in [5, 5.41) is 19.6. The molecule has 0 aromatic heterocycles. The van der Waals surface area contributed by atoms with Crippen LogP contribution in [0.15, 0.2) is 0 Å². The molecule has 2 aliphatic rings. The van der Waals surface area contributed by atoms with Crippen molar-refractivity contribution in [1.29, 1.82) is 0 Å². The van der Waals surface area contributed by atoms with Crippen molar-refractivity contribution in [3.05, 3.63) is 0 Å². The van der Waals surface area contributed by atoms with Gasteiger partial charge in [-0.05, 0) is 25.2 Å². The number of carbonyl (C=O) groups is 1. The smallest absolute Gasteiger partial charge is 0.426 e. The van der Waals surface area contributed by atoms with E-state index in [1.807, 2.05) is 0 Å². The lowest BCUT2D eigenvalue weighted by Crippen LogP contribution is -2.72.